The Labute approximate surface area is 166 Å². The highest BCUT2D eigenvalue weighted by Gasteiger charge is 2.29. The molecule has 0 radical (unpaired) electrons. The summed E-state index contributed by atoms with van der Waals surface area (Å²) in [5.74, 6) is 1.52. The van der Waals surface area contributed by atoms with Crippen molar-refractivity contribution in [3.05, 3.63) is 35.7 Å². The quantitative estimate of drug-likeness (QED) is 0.745. The number of rotatable bonds is 1. The molecule has 28 heavy (non-hydrogen) atoms. The lowest BCUT2D eigenvalue weighted by Crippen LogP contribution is -2.39. The van der Waals surface area contributed by atoms with Crippen LogP contribution in [0.2, 0.25) is 0 Å². The third kappa shape index (κ3) is 3.65. The SMILES string of the molecule is C[C@H]1CC=C(c2ccc3c(c2)nc2n3CCN(C)C2)N(C(=O)OC(C)(C)C)C1. The van der Waals surface area contributed by atoms with E-state index in [1.165, 1.54) is 5.52 Å². The number of likely N-dealkylation sites (N-methyl/N-ethyl adjacent to an activating group) is 1. The van der Waals surface area contributed by atoms with Crippen LogP contribution < -0.4 is 0 Å². The van der Waals surface area contributed by atoms with Crippen LogP contribution in [0, 0.1) is 5.92 Å². The lowest BCUT2D eigenvalue weighted by Gasteiger charge is -2.33. The van der Waals surface area contributed by atoms with Crippen LogP contribution >= 0.6 is 0 Å². The summed E-state index contributed by atoms with van der Waals surface area (Å²) in [5, 5.41) is 0. The molecule has 1 amide bonds. The Kier molecular flexibility index (Phi) is 4.70. The fourth-order valence-corrected chi connectivity index (χ4v) is 3.97. The Balaban J connectivity index is 1.69. The normalized spacial score (nSPS) is 20.8. The number of nitrogens with zero attached hydrogens (tertiary/aromatic N) is 4. The molecule has 1 aromatic heterocycles. The van der Waals surface area contributed by atoms with Gasteiger partial charge in [-0.25, -0.2) is 9.78 Å². The first-order valence-electron chi connectivity index (χ1n) is 10.1. The summed E-state index contributed by atoms with van der Waals surface area (Å²) in [5.41, 5.74) is 3.60. The molecule has 1 aromatic carbocycles. The van der Waals surface area contributed by atoms with Gasteiger partial charge in [-0.05, 0) is 52.3 Å². The van der Waals surface area contributed by atoms with Gasteiger partial charge in [0.25, 0.3) is 0 Å². The molecule has 3 heterocycles. The first-order valence-corrected chi connectivity index (χ1v) is 10.1. The molecule has 0 saturated carbocycles. The molecule has 6 nitrogen and oxygen atoms in total. The zero-order valence-electron chi connectivity index (χ0n) is 17.5. The number of allylic oxidation sites excluding steroid dienone is 1. The molecule has 4 rings (SSSR count). The number of hydrogen-bond donors (Lipinski definition) is 0. The summed E-state index contributed by atoms with van der Waals surface area (Å²) < 4.78 is 7.97. The van der Waals surface area contributed by atoms with Crippen LogP contribution in [-0.4, -0.2) is 51.2 Å². The highest BCUT2D eigenvalue weighted by molar-refractivity contribution is 5.87. The van der Waals surface area contributed by atoms with Gasteiger partial charge in [0, 0.05) is 25.2 Å². The number of aromatic nitrogens is 2. The Morgan fingerprint density at radius 1 is 1.25 bits per heavy atom. The van der Waals surface area contributed by atoms with Crippen molar-refractivity contribution in [2.24, 2.45) is 5.92 Å². The number of fused-ring (bicyclic) bond motifs is 3. The van der Waals surface area contributed by atoms with Gasteiger partial charge in [0.15, 0.2) is 0 Å². The van der Waals surface area contributed by atoms with Crippen molar-refractivity contribution >= 4 is 22.8 Å². The monoisotopic (exact) mass is 382 g/mol. The number of imidazole rings is 1. The number of hydrogen-bond acceptors (Lipinski definition) is 4. The molecule has 2 aromatic rings. The highest BCUT2D eigenvalue weighted by Crippen LogP contribution is 2.31. The molecule has 150 valence electrons. The summed E-state index contributed by atoms with van der Waals surface area (Å²) in [6, 6.07) is 6.35. The summed E-state index contributed by atoms with van der Waals surface area (Å²) in [7, 11) is 2.13. The largest absolute Gasteiger partial charge is 0.443 e. The van der Waals surface area contributed by atoms with Crippen LogP contribution in [0.25, 0.3) is 16.7 Å². The zero-order chi connectivity index (χ0) is 20.1. The van der Waals surface area contributed by atoms with Crippen LogP contribution in [0.5, 0.6) is 0 Å². The van der Waals surface area contributed by atoms with E-state index >= 15 is 0 Å². The zero-order valence-corrected chi connectivity index (χ0v) is 17.5. The van der Waals surface area contributed by atoms with Crippen molar-refractivity contribution in [1.29, 1.82) is 0 Å². The predicted molar refractivity (Wildman–Crippen MR) is 111 cm³/mol. The second-order valence-electron chi connectivity index (χ2n) is 9.14. The van der Waals surface area contributed by atoms with Gasteiger partial charge < -0.3 is 9.30 Å². The fourth-order valence-electron chi connectivity index (χ4n) is 3.97. The Morgan fingerprint density at radius 2 is 2.04 bits per heavy atom. The van der Waals surface area contributed by atoms with Gasteiger partial charge >= 0.3 is 6.09 Å². The van der Waals surface area contributed by atoms with Gasteiger partial charge in [-0.3, -0.25) is 9.80 Å². The van der Waals surface area contributed by atoms with Gasteiger partial charge in [-0.1, -0.05) is 19.1 Å². The van der Waals surface area contributed by atoms with Crippen LogP contribution in [0.3, 0.4) is 0 Å². The summed E-state index contributed by atoms with van der Waals surface area (Å²) in [6.45, 7) is 11.4. The van der Waals surface area contributed by atoms with E-state index in [9.17, 15) is 4.79 Å². The summed E-state index contributed by atoms with van der Waals surface area (Å²) in [6.07, 6.45) is 2.83. The van der Waals surface area contributed by atoms with E-state index in [4.69, 9.17) is 9.72 Å². The first-order chi connectivity index (χ1) is 13.2. The molecule has 1 atom stereocenters. The molecule has 2 aliphatic heterocycles. The average molecular weight is 383 g/mol. The van der Waals surface area contributed by atoms with Crippen LogP contribution in [0.1, 0.15) is 45.5 Å². The smallest absolute Gasteiger partial charge is 0.414 e. The highest BCUT2D eigenvalue weighted by atomic mass is 16.6. The molecule has 0 saturated heterocycles. The molecular formula is C22H30N4O2. The standard InChI is InChI=1S/C22H30N4O2/c1-15-6-8-18(26(13-15)21(27)28-22(2,3)4)16-7-9-19-17(12-16)23-20-14-24(5)10-11-25(19)20/h7-9,12,15H,6,10-11,13-14H2,1-5H3/t15-/m0/s1. The van der Waals surface area contributed by atoms with E-state index < -0.39 is 5.60 Å². The van der Waals surface area contributed by atoms with Crippen molar-refractivity contribution < 1.29 is 9.53 Å². The molecule has 0 unspecified atom stereocenters. The lowest BCUT2D eigenvalue weighted by molar-refractivity contribution is 0.0327. The van der Waals surface area contributed by atoms with E-state index in [1.807, 2.05) is 20.8 Å². The second-order valence-corrected chi connectivity index (χ2v) is 9.14. The summed E-state index contributed by atoms with van der Waals surface area (Å²) in [4.78, 5) is 21.8. The third-order valence-electron chi connectivity index (χ3n) is 5.35. The van der Waals surface area contributed by atoms with Gasteiger partial charge in [0.2, 0.25) is 0 Å². The van der Waals surface area contributed by atoms with Gasteiger partial charge in [0.1, 0.15) is 11.4 Å². The molecule has 0 fully saturated rings. The minimum Gasteiger partial charge on any atom is -0.443 e. The van der Waals surface area contributed by atoms with Crippen LogP contribution in [0.4, 0.5) is 4.79 Å². The topological polar surface area (TPSA) is 50.6 Å². The van der Waals surface area contributed by atoms with E-state index in [-0.39, 0.29) is 6.09 Å². The Morgan fingerprint density at radius 3 is 2.79 bits per heavy atom. The maximum atomic E-state index is 12.8. The van der Waals surface area contributed by atoms with E-state index in [1.54, 1.807) is 4.90 Å². The number of carbonyl (C=O) groups excluding carboxylic acids is 1. The average Bonchev–Trinajstić information content (AvgIpc) is 2.96. The lowest BCUT2D eigenvalue weighted by atomic mass is 9.98. The molecule has 2 aliphatic rings. The van der Waals surface area contributed by atoms with Gasteiger partial charge in [-0.15, -0.1) is 0 Å². The second kappa shape index (κ2) is 6.92. The molecule has 0 N–H and O–H groups in total. The van der Waals surface area contributed by atoms with Crippen molar-refractivity contribution in [2.75, 3.05) is 20.1 Å². The van der Waals surface area contributed by atoms with Crippen LogP contribution in [0.15, 0.2) is 24.3 Å². The van der Waals surface area contributed by atoms with Gasteiger partial charge in [0.05, 0.1) is 23.3 Å². The molecule has 0 bridgehead atoms. The van der Waals surface area contributed by atoms with Crippen molar-refractivity contribution in [2.45, 2.75) is 52.8 Å². The molecule has 6 heteroatoms. The van der Waals surface area contributed by atoms with E-state index in [2.05, 4.69) is 47.7 Å². The minimum absolute atomic E-state index is 0.281. The van der Waals surface area contributed by atoms with Gasteiger partial charge in [-0.2, -0.15) is 0 Å². The number of ether oxygens (including phenoxy) is 1. The Bertz CT molecular complexity index is 938. The predicted octanol–water partition coefficient (Wildman–Crippen LogP) is 4.10. The molecule has 0 spiro atoms. The van der Waals surface area contributed by atoms with Crippen molar-refractivity contribution in [3.8, 4) is 0 Å². The molecule has 0 aliphatic carbocycles. The Hall–Kier alpha value is -2.34. The van der Waals surface area contributed by atoms with E-state index in [0.29, 0.717) is 12.5 Å². The number of amides is 1. The van der Waals surface area contributed by atoms with Crippen molar-refractivity contribution in [3.63, 3.8) is 0 Å². The maximum absolute atomic E-state index is 12.8. The van der Waals surface area contributed by atoms with Crippen LogP contribution in [-0.2, 0) is 17.8 Å². The minimum atomic E-state index is -0.512. The maximum Gasteiger partial charge on any atom is 0.414 e. The number of benzene rings is 1. The third-order valence-corrected chi connectivity index (χ3v) is 5.35. The van der Waals surface area contributed by atoms with Crippen molar-refractivity contribution in [1.82, 2.24) is 19.4 Å². The van der Waals surface area contributed by atoms with E-state index in [0.717, 1.165) is 48.7 Å². The number of carbonyl (C=O) groups is 1. The summed E-state index contributed by atoms with van der Waals surface area (Å²) >= 11 is 0. The fraction of sp³-hybridized carbons (Fsp3) is 0.545. The first kappa shape index (κ1) is 19.0. The molecular weight excluding hydrogens is 352 g/mol.